The Hall–Kier alpha value is -1.88. The molecule has 1 unspecified atom stereocenters. The summed E-state index contributed by atoms with van der Waals surface area (Å²) in [5.74, 6) is -1.81. The Labute approximate surface area is 119 Å². The zero-order valence-corrected chi connectivity index (χ0v) is 12.2. The predicted molar refractivity (Wildman–Crippen MR) is 77.3 cm³/mol. The SMILES string of the molecule is CCN(C(=O)C(CN)c1ccccc1)C(C)(C)C(=O)O. The molecule has 0 saturated carbocycles. The molecule has 1 aromatic rings. The van der Waals surface area contributed by atoms with E-state index in [0.29, 0.717) is 6.54 Å². The van der Waals surface area contributed by atoms with Crippen molar-refractivity contribution in [2.24, 2.45) is 5.73 Å². The van der Waals surface area contributed by atoms with Crippen molar-refractivity contribution >= 4 is 11.9 Å². The van der Waals surface area contributed by atoms with Crippen LogP contribution in [-0.4, -0.2) is 40.5 Å². The van der Waals surface area contributed by atoms with E-state index in [9.17, 15) is 14.7 Å². The number of carbonyl (C=O) groups excluding carboxylic acids is 1. The molecular formula is C15H22N2O3. The molecule has 5 nitrogen and oxygen atoms in total. The van der Waals surface area contributed by atoms with Gasteiger partial charge in [0.05, 0.1) is 5.92 Å². The highest BCUT2D eigenvalue weighted by Gasteiger charge is 2.39. The third-order valence-electron chi connectivity index (χ3n) is 3.52. The third kappa shape index (κ3) is 3.17. The summed E-state index contributed by atoms with van der Waals surface area (Å²) in [6, 6.07) is 9.20. The molecule has 1 aromatic carbocycles. The van der Waals surface area contributed by atoms with Crippen LogP contribution in [-0.2, 0) is 9.59 Å². The van der Waals surface area contributed by atoms with E-state index in [4.69, 9.17) is 5.73 Å². The third-order valence-corrected chi connectivity index (χ3v) is 3.52. The van der Waals surface area contributed by atoms with E-state index in [2.05, 4.69) is 0 Å². The summed E-state index contributed by atoms with van der Waals surface area (Å²) in [6.07, 6.45) is 0. The summed E-state index contributed by atoms with van der Waals surface area (Å²) < 4.78 is 0. The van der Waals surface area contributed by atoms with Gasteiger partial charge in [0.25, 0.3) is 0 Å². The summed E-state index contributed by atoms with van der Waals surface area (Å²) >= 11 is 0. The lowest BCUT2D eigenvalue weighted by atomic mass is 9.94. The molecule has 110 valence electrons. The highest BCUT2D eigenvalue weighted by Crippen LogP contribution is 2.23. The number of nitrogens with zero attached hydrogens (tertiary/aromatic N) is 1. The number of carboxylic acids is 1. The molecule has 0 aromatic heterocycles. The Morgan fingerprint density at radius 2 is 1.85 bits per heavy atom. The number of carboxylic acid groups (broad SMARTS) is 1. The number of amides is 1. The molecule has 0 heterocycles. The average Bonchev–Trinajstić information content (AvgIpc) is 2.41. The first-order chi connectivity index (χ1) is 9.36. The van der Waals surface area contributed by atoms with Gasteiger partial charge in [0, 0.05) is 13.1 Å². The molecule has 0 bridgehead atoms. The molecule has 20 heavy (non-hydrogen) atoms. The Bertz CT molecular complexity index is 471. The fourth-order valence-corrected chi connectivity index (χ4v) is 2.19. The summed E-state index contributed by atoms with van der Waals surface area (Å²) in [7, 11) is 0. The molecule has 3 N–H and O–H groups in total. The lowest BCUT2D eigenvalue weighted by Crippen LogP contribution is -2.54. The average molecular weight is 278 g/mol. The van der Waals surface area contributed by atoms with E-state index >= 15 is 0 Å². The van der Waals surface area contributed by atoms with Gasteiger partial charge in [0.15, 0.2) is 0 Å². The molecule has 0 radical (unpaired) electrons. The molecule has 1 atom stereocenters. The minimum Gasteiger partial charge on any atom is -0.480 e. The van der Waals surface area contributed by atoms with Gasteiger partial charge in [0.2, 0.25) is 5.91 Å². The van der Waals surface area contributed by atoms with Crippen molar-refractivity contribution in [3.05, 3.63) is 35.9 Å². The first-order valence-electron chi connectivity index (χ1n) is 6.66. The summed E-state index contributed by atoms with van der Waals surface area (Å²) in [6.45, 7) is 5.28. The van der Waals surface area contributed by atoms with E-state index in [-0.39, 0.29) is 12.5 Å². The van der Waals surface area contributed by atoms with Crippen LogP contribution in [0.25, 0.3) is 0 Å². The largest absolute Gasteiger partial charge is 0.480 e. The first kappa shape index (κ1) is 16.2. The minimum absolute atomic E-state index is 0.148. The molecule has 0 aliphatic heterocycles. The van der Waals surface area contributed by atoms with Crippen LogP contribution >= 0.6 is 0 Å². The van der Waals surface area contributed by atoms with Gasteiger partial charge in [-0.1, -0.05) is 30.3 Å². The topological polar surface area (TPSA) is 83.6 Å². The maximum atomic E-state index is 12.6. The molecule has 1 amide bonds. The number of hydrogen-bond donors (Lipinski definition) is 2. The van der Waals surface area contributed by atoms with Crippen LogP contribution in [0.1, 0.15) is 32.3 Å². The Kier molecular flexibility index (Phi) is 5.27. The van der Waals surface area contributed by atoms with Crippen LogP contribution in [0.15, 0.2) is 30.3 Å². The van der Waals surface area contributed by atoms with E-state index in [0.717, 1.165) is 5.56 Å². The maximum Gasteiger partial charge on any atom is 0.329 e. The molecule has 1 rings (SSSR count). The van der Waals surface area contributed by atoms with Crippen molar-refractivity contribution in [3.63, 3.8) is 0 Å². The molecule has 0 aliphatic rings. The highest BCUT2D eigenvalue weighted by atomic mass is 16.4. The Morgan fingerprint density at radius 1 is 1.30 bits per heavy atom. The Morgan fingerprint density at radius 3 is 2.25 bits per heavy atom. The van der Waals surface area contributed by atoms with Gasteiger partial charge in [-0.2, -0.15) is 0 Å². The van der Waals surface area contributed by atoms with Crippen molar-refractivity contribution in [2.75, 3.05) is 13.1 Å². The number of aliphatic carboxylic acids is 1. The Balaban J connectivity index is 3.09. The van der Waals surface area contributed by atoms with Gasteiger partial charge in [-0.05, 0) is 26.3 Å². The standard InChI is InChI=1S/C15H22N2O3/c1-4-17(15(2,3)14(19)20)13(18)12(10-16)11-8-6-5-7-9-11/h5-9,12H,4,10,16H2,1-3H3,(H,19,20). The van der Waals surface area contributed by atoms with Crippen molar-refractivity contribution in [1.29, 1.82) is 0 Å². The number of benzene rings is 1. The molecule has 0 fully saturated rings. The van der Waals surface area contributed by atoms with Crippen LogP contribution < -0.4 is 5.73 Å². The number of hydrogen-bond acceptors (Lipinski definition) is 3. The second-order valence-corrected chi connectivity index (χ2v) is 5.15. The van der Waals surface area contributed by atoms with E-state index in [1.54, 1.807) is 6.92 Å². The molecule has 5 heteroatoms. The van der Waals surface area contributed by atoms with Crippen LogP contribution in [0.2, 0.25) is 0 Å². The van der Waals surface area contributed by atoms with Crippen molar-refractivity contribution in [2.45, 2.75) is 32.2 Å². The van der Waals surface area contributed by atoms with Gasteiger partial charge in [-0.3, -0.25) is 4.79 Å². The maximum absolute atomic E-state index is 12.6. The summed E-state index contributed by atoms with van der Waals surface area (Å²) in [5, 5.41) is 9.29. The fourth-order valence-electron chi connectivity index (χ4n) is 2.19. The lowest BCUT2D eigenvalue weighted by molar-refractivity contribution is -0.157. The van der Waals surface area contributed by atoms with Crippen molar-refractivity contribution < 1.29 is 14.7 Å². The minimum atomic E-state index is -1.26. The number of nitrogens with two attached hydrogens (primary N) is 1. The normalized spacial score (nSPS) is 12.8. The van der Waals surface area contributed by atoms with Gasteiger partial charge >= 0.3 is 5.97 Å². The second kappa shape index (κ2) is 6.52. The van der Waals surface area contributed by atoms with E-state index < -0.39 is 17.4 Å². The molecule has 0 spiro atoms. The highest BCUT2D eigenvalue weighted by molar-refractivity contribution is 5.90. The zero-order chi connectivity index (χ0) is 15.3. The number of carbonyl (C=O) groups is 2. The van der Waals surface area contributed by atoms with E-state index in [1.165, 1.54) is 18.7 Å². The number of likely N-dealkylation sites (N-methyl/N-ethyl adjacent to an activating group) is 1. The van der Waals surface area contributed by atoms with Crippen molar-refractivity contribution in [1.82, 2.24) is 4.90 Å². The second-order valence-electron chi connectivity index (χ2n) is 5.15. The van der Waals surface area contributed by atoms with Crippen molar-refractivity contribution in [3.8, 4) is 0 Å². The predicted octanol–water partition coefficient (Wildman–Crippen LogP) is 1.44. The quantitative estimate of drug-likeness (QED) is 0.824. The summed E-state index contributed by atoms with van der Waals surface area (Å²) in [4.78, 5) is 25.3. The lowest BCUT2D eigenvalue weighted by Gasteiger charge is -2.36. The van der Waals surface area contributed by atoms with Gasteiger partial charge in [-0.15, -0.1) is 0 Å². The van der Waals surface area contributed by atoms with Crippen LogP contribution in [0.3, 0.4) is 0 Å². The molecule has 0 saturated heterocycles. The van der Waals surface area contributed by atoms with Crippen LogP contribution in [0.4, 0.5) is 0 Å². The zero-order valence-electron chi connectivity index (χ0n) is 12.2. The van der Waals surface area contributed by atoms with Gasteiger partial charge < -0.3 is 15.7 Å². The monoisotopic (exact) mass is 278 g/mol. The summed E-state index contributed by atoms with van der Waals surface area (Å²) in [5.41, 5.74) is 5.27. The van der Waals surface area contributed by atoms with Crippen LogP contribution in [0.5, 0.6) is 0 Å². The van der Waals surface area contributed by atoms with E-state index in [1.807, 2.05) is 30.3 Å². The van der Waals surface area contributed by atoms with Gasteiger partial charge in [-0.25, -0.2) is 4.79 Å². The first-order valence-corrected chi connectivity index (χ1v) is 6.66. The molecule has 0 aliphatic carbocycles. The van der Waals surface area contributed by atoms with Crippen LogP contribution in [0, 0.1) is 0 Å². The van der Waals surface area contributed by atoms with Gasteiger partial charge in [0.1, 0.15) is 5.54 Å². The molecular weight excluding hydrogens is 256 g/mol. The fraction of sp³-hybridized carbons (Fsp3) is 0.467. The number of rotatable bonds is 6. The smallest absolute Gasteiger partial charge is 0.329 e.